The van der Waals surface area contributed by atoms with E-state index in [-0.39, 0.29) is 0 Å². The van der Waals surface area contributed by atoms with Gasteiger partial charge in [-0.1, -0.05) is 17.7 Å². The highest BCUT2D eigenvalue weighted by atomic mass is 32.2. The van der Waals surface area contributed by atoms with Crippen molar-refractivity contribution in [2.24, 2.45) is 5.73 Å². The molecule has 122 valence electrons. The molecule has 1 fully saturated rings. The lowest BCUT2D eigenvalue weighted by Gasteiger charge is -2.32. The van der Waals surface area contributed by atoms with Crippen LogP contribution in [0.15, 0.2) is 41.6 Å². The van der Waals surface area contributed by atoms with Crippen LogP contribution in [-0.4, -0.2) is 35.4 Å². The van der Waals surface area contributed by atoms with E-state index in [1.807, 2.05) is 11.8 Å². The molecule has 1 aliphatic carbocycles. The maximum absolute atomic E-state index is 5.88. The standard InChI is InChI=1S/C18H24N4S/c1-13-3-5-16(6-4-13)23-8-7-22(2)18-11-17(20-12-21-18)14-9-15(19)10-14/h3-6,11-12,14-15H,7-10,19H2,1-2H3. The van der Waals surface area contributed by atoms with E-state index in [1.165, 1.54) is 10.5 Å². The fourth-order valence-electron chi connectivity index (χ4n) is 2.75. The molecule has 1 heterocycles. The number of benzene rings is 1. The lowest BCUT2D eigenvalue weighted by molar-refractivity contribution is 0.345. The lowest BCUT2D eigenvalue weighted by Crippen LogP contribution is -2.35. The summed E-state index contributed by atoms with van der Waals surface area (Å²) in [6, 6.07) is 11.2. The van der Waals surface area contributed by atoms with Crippen LogP contribution in [0, 0.1) is 6.92 Å². The molecule has 2 N–H and O–H groups in total. The minimum absolute atomic E-state index is 0.349. The predicted octanol–water partition coefficient (Wildman–Crippen LogP) is 3.22. The van der Waals surface area contributed by atoms with Gasteiger partial charge in [0.15, 0.2) is 0 Å². The van der Waals surface area contributed by atoms with Gasteiger partial charge in [0.1, 0.15) is 12.1 Å². The first kappa shape index (κ1) is 16.3. The van der Waals surface area contributed by atoms with E-state index >= 15 is 0 Å². The van der Waals surface area contributed by atoms with Crippen molar-refractivity contribution < 1.29 is 0 Å². The zero-order chi connectivity index (χ0) is 16.2. The zero-order valence-electron chi connectivity index (χ0n) is 13.8. The number of hydrogen-bond donors (Lipinski definition) is 1. The molecule has 0 atom stereocenters. The number of nitrogens with zero attached hydrogens (tertiary/aromatic N) is 3. The van der Waals surface area contributed by atoms with Gasteiger partial charge in [0, 0.05) is 48.0 Å². The first-order valence-corrected chi connectivity index (χ1v) is 9.08. The summed E-state index contributed by atoms with van der Waals surface area (Å²) in [6.07, 6.45) is 3.77. The Balaban J connectivity index is 1.52. The summed E-state index contributed by atoms with van der Waals surface area (Å²) in [5.41, 5.74) is 8.31. The van der Waals surface area contributed by atoms with Crippen molar-refractivity contribution in [2.75, 3.05) is 24.2 Å². The first-order chi connectivity index (χ1) is 11.1. The molecule has 1 aromatic carbocycles. The molecule has 23 heavy (non-hydrogen) atoms. The summed E-state index contributed by atoms with van der Waals surface area (Å²) in [6.45, 7) is 3.07. The second kappa shape index (κ2) is 7.32. The fraction of sp³-hybridized carbons (Fsp3) is 0.444. The second-order valence-corrected chi connectivity index (χ2v) is 7.48. The molecule has 5 heteroatoms. The van der Waals surface area contributed by atoms with Gasteiger partial charge in [0.2, 0.25) is 0 Å². The van der Waals surface area contributed by atoms with E-state index in [2.05, 4.69) is 59.2 Å². The van der Waals surface area contributed by atoms with Crippen LogP contribution in [0.2, 0.25) is 0 Å². The molecule has 0 aliphatic heterocycles. The molecule has 1 saturated carbocycles. The molecular formula is C18H24N4S. The third kappa shape index (κ3) is 4.24. The Hall–Kier alpha value is -1.59. The molecule has 0 unspecified atom stereocenters. The van der Waals surface area contributed by atoms with Gasteiger partial charge in [-0.05, 0) is 31.9 Å². The Kier molecular flexibility index (Phi) is 5.18. The van der Waals surface area contributed by atoms with Crippen LogP contribution in [-0.2, 0) is 0 Å². The minimum atomic E-state index is 0.349. The monoisotopic (exact) mass is 328 g/mol. The topological polar surface area (TPSA) is 55.0 Å². The van der Waals surface area contributed by atoms with Crippen LogP contribution >= 0.6 is 11.8 Å². The smallest absolute Gasteiger partial charge is 0.131 e. The fourth-order valence-corrected chi connectivity index (χ4v) is 3.68. The number of nitrogens with two attached hydrogens (primary N) is 1. The highest BCUT2D eigenvalue weighted by molar-refractivity contribution is 7.99. The SMILES string of the molecule is Cc1ccc(SCCN(C)c2cc(C3CC(N)C3)ncn2)cc1. The average molecular weight is 328 g/mol. The molecule has 2 aromatic rings. The minimum Gasteiger partial charge on any atom is -0.359 e. The van der Waals surface area contributed by atoms with Gasteiger partial charge in [0.25, 0.3) is 0 Å². The molecule has 0 bridgehead atoms. The number of aromatic nitrogens is 2. The summed E-state index contributed by atoms with van der Waals surface area (Å²) < 4.78 is 0. The number of anilines is 1. The molecule has 3 rings (SSSR count). The Morgan fingerprint density at radius 2 is 1.96 bits per heavy atom. The highest BCUT2D eigenvalue weighted by Gasteiger charge is 2.28. The van der Waals surface area contributed by atoms with Gasteiger partial charge in [-0.2, -0.15) is 0 Å². The summed E-state index contributed by atoms with van der Waals surface area (Å²) >= 11 is 1.88. The van der Waals surface area contributed by atoms with E-state index in [0.29, 0.717) is 12.0 Å². The summed E-state index contributed by atoms with van der Waals surface area (Å²) in [7, 11) is 2.09. The quantitative estimate of drug-likeness (QED) is 0.825. The van der Waals surface area contributed by atoms with Crippen molar-refractivity contribution in [3.05, 3.63) is 47.9 Å². The zero-order valence-corrected chi connectivity index (χ0v) is 14.6. The van der Waals surface area contributed by atoms with Crippen LogP contribution in [0.4, 0.5) is 5.82 Å². The molecule has 0 amide bonds. The van der Waals surface area contributed by atoms with Gasteiger partial charge >= 0.3 is 0 Å². The largest absolute Gasteiger partial charge is 0.359 e. The maximum Gasteiger partial charge on any atom is 0.131 e. The maximum atomic E-state index is 5.88. The molecular weight excluding hydrogens is 304 g/mol. The van der Waals surface area contributed by atoms with Crippen molar-refractivity contribution in [2.45, 2.75) is 36.6 Å². The molecule has 0 saturated heterocycles. The van der Waals surface area contributed by atoms with E-state index in [0.717, 1.165) is 36.7 Å². The highest BCUT2D eigenvalue weighted by Crippen LogP contribution is 2.35. The summed E-state index contributed by atoms with van der Waals surface area (Å²) in [5.74, 6) is 2.55. The van der Waals surface area contributed by atoms with E-state index in [1.54, 1.807) is 6.33 Å². The van der Waals surface area contributed by atoms with Crippen LogP contribution in [0.25, 0.3) is 0 Å². The van der Waals surface area contributed by atoms with Crippen molar-refractivity contribution in [3.8, 4) is 0 Å². The van der Waals surface area contributed by atoms with E-state index in [9.17, 15) is 0 Å². The third-order valence-electron chi connectivity index (χ3n) is 4.37. The number of thioether (sulfide) groups is 1. The third-order valence-corrected chi connectivity index (χ3v) is 5.37. The Morgan fingerprint density at radius 3 is 2.65 bits per heavy atom. The van der Waals surface area contributed by atoms with Crippen molar-refractivity contribution >= 4 is 17.6 Å². The van der Waals surface area contributed by atoms with E-state index in [4.69, 9.17) is 5.73 Å². The molecule has 1 aromatic heterocycles. The summed E-state index contributed by atoms with van der Waals surface area (Å²) in [5, 5.41) is 0. The van der Waals surface area contributed by atoms with Crippen LogP contribution in [0.5, 0.6) is 0 Å². The van der Waals surface area contributed by atoms with Gasteiger partial charge in [-0.25, -0.2) is 9.97 Å². The van der Waals surface area contributed by atoms with Crippen molar-refractivity contribution in [1.29, 1.82) is 0 Å². The van der Waals surface area contributed by atoms with Crippen molar-refractivity contribution in [1.82, 2.24) is 9.97 Å². The van der Waals surface area contributed by atoms with Crippen LogP contribution in [0.1, 0.15) is 30.0 Å². The van der Waals surface area contributed by atoms with E-state index < -0.39 is 0 Å². The molecule has 1 aliphatic rings. The number of hydrogen-bond acceptors (Lipinski definition) is 5. The average Bonchev–Trinajstić information content (AvgIpc) is 2.54. The Morgan fingerprint density at radius 1 is 1.22 bits per heavy atom. The molecule has 4 nitrogen and oxygen atoms in total. The lowest BCUT2D eigenvalue weighted by atomic mass is 9.78. The van der Waals surface area contributed by atoms with Crippen molar-refractivity contribution in [3.63, 3.8) is 0 Å². The number of aryl methyl sites for hydroxylation is 1. The predicted molar refractivity (Wildman–Crippen MR) is 97.2 cm³/mol. The number of rotatable bonds is 6. The van der Waals surface area contributed by atoms with Crippen LogP contribution < -0.4 is 10.6 Å². The van der Waals surface area contributed by atoms with Crippen LogP contribution in [0.3, 0.4) is 0 Å². The summed E-state index contributed by atoms with van der Waals surface area (Å²) in [4.78, 5) is 12.3. The first-order valence-electron chi connectivity index (χ1n) is 8.10. The van der Waals surface area contributed by atoms with Gasteiger partial charge in [-0.15, -0.1) is 11.8 Å². The van der Waals surface area contributed by atoms with Gasteiger partial charge < -0.3 is 10.6 Å². The Labute approximate surface area is 142 Å². The normalized spacial score (nSPS) is 20.1. The molecule has 0 spiro atoms. The molecule has 0 radical (unpaired) electrons. The second-order valence-electron chi connectivity index (χ2n) is 6.31. The Bertz CT molecular complexity index is 638. The van der Waals surface area contributed by atoms with Gasteiger partial charge in [0.05, 0.1) is 0 Å². The van der Waals surface area contributed by atoms with Gasteiger partial charge in [-0.3, -0.25) is 0 Å².